The van der Waals surface area contributed by atoms with E-state index in [9.17, 15) is 9.18 Å². The smallest absolute Gasteiger partial charge is 0.290 e. The summed E-state index contributed by atoms with van der Waals surface area (Å²) in [7, 11) is 1.68. The van der Waals surface area contributed by atoms with Gasteiger partial charge in [-0.2, -0.15) is 0 Å². The maximum atomic E-state index is 13.5. The molecule has 0 saturated carbocycles. The third-order valence-electron chi connectivity index (χ3n) is 2.25. The van der Waals surface area contributed by atoms with Crippen molar-refractivity contribution in [2.75, 3.05) is 5.32 Å². The summed E-state index contributed by atoms with van der Waals surface area (Å²) in [6, 6.07) is 4.28. The molecule has 0 aliphatic carbocycles. The third kappa shape index (κ3) is 5.19. The van der Waals surface area contributed by atoms with E-state index in [1.54, 1.807) is 7.05 Å². The Labute approximate surface area is 124 Å². The van der Waals surface area contributed by atoms with E-state index in [-0.39, 0.29) is 29.4 Å². The van der Waals surface area contributed by atoms with Gasteiger partial charge in [0.1, 0.15) is 12.1 Å². The second kappa shape index (κ2) is 7.95. The number of aromatic nitrogens is 3. The van der Waals surface area contributed by atoms with E-state index in [1.807, 2.05) is 0 Å². The zero-order chi connectivity index (χ0) is 15.8. The van der Waals surface area contributed by atoms with Crippen molar-refractivity contribution in [3.63, 3.8) is 0 Å². The van der Waals surface area contributed by atoms with Gasteiger partial charge in [0, 0.05) is 17.6 Å². The lowest BCUT2D eigenvalue weighted by molar-refractivity contribution is -0.123. The van der Waals surface area contributed by atoms with Crippen LogP contribution in [-0.4, -0.2) is 32.3 Å². The van der Waals surface area contributed by atoms with Crippen molar-refractivity contribution in [2.45, 2.75) is 6.42 Å². The molecule has 0 atom stereocenters. The maximum Gasteiger partial charge on any atom is 0.290 e. The number of anilines is 1. The average molecular weight is 315 g/mol. The van der Waals surface area contributed by atoms with Crippen molar-refractivity contribution >= 4 is 29.9 Å². The fourth-order valence-corrected chi connectivity index (χ4v) is 1.66. The first-order chi connectivity index (χ1) is 9.97. The normalized spacial score (nSPS) is 9.48. The molecule has 1 heterocycles. The second-order valence-electron chi connectivity index (χ2n) is 3.77. The van der Waals surface area contributed by atoms with Gasteiger partial charge in [0.15, 0.2) is 0 Å². The molecule has 2 rings (SSSR count). The maximum absolute atomic E-state index is 13.5. The van der Waals surface area contributed by atoms with Gasteiger partial charge in [0.25, 0.3) is 6.47 Å². The molecule has 1 aromatic carbocycles. The molecule has 2 N–H and O–H groups in total. The van der Waals surface area contributed by atoms with Gasteiger partial charge in [0.2, 0.25) is 11.9 Å². The van der Waals surface area contributed by atoms with Crippen LogP contribution in [0.3, 0.4) is 0 Å². The van der Waals surface area contributed by atoms with Gasteiger partial charge in [-0.1, -0.05) is 17.7 Å². The lowest BCUT2D eigenvalue weighted by Crippen LogP contribution is -2.16. The van der Waals surface area contributed by atoms with Crippen LogP contribution in [-0.2, 0) is 23.1 Å². The number of halogens is 2. The van der Waals surface area contributed by atoms with E-state index in [4.69, 9.17) is 21.5 Å². The molecule has 9 heteroatoms. The lowest BCUT2D eigenvalue weighted by atomic mass is 10.1. The summed E-state index contributed by atoms with van der Waals surface area (Å²) in [5, 5.41) is 13.5. The van der Waals surface area contributed by atoms with Crippen LogP contribution in [0.5, 0.6) is 0 Å². The minimum Gasteiger partial charge on any atom is -0.483 e. The minimum atomic E-state index is -0.508. The summed E-state index contributed by atoms with van der Waals surface area (Å²) >= 11 is 5.83. The van der Waals surface area contributed by atoms with Crippen LogP contribution in [0.15, 0.2) is 24.5 Å². The van der Waals surface area contributed by atoms with Crippen LogP contribution in [0.4, 0.5) is 10.3 Å². The number of amides is 1. The summed E-state index contributed by atoms with van der Waals surface area (Å²) in [6.45, 7) is -0.250. The number of carbonyl (C=O) groups is 2. The number of nitrogens with zero attached hydrogens (tertiary/aromatic N) is 3. The topological polar surface area (TPSA) is 97.1 Å². The Morgan fingerprint density at radius 1 is 1.57 bits per heavy atom. The molecule has 0 bridgehead atoms. The first-order valence-electron chi connectivity index (χ1n) is 5.64. The minimum absolute atomic E-state index is 0.160. The Bertz CT molecular complexity index is 612. The van der Waals surface area contributed by atoms with E-state index in [1.165, 1.54) is 29.2 Å². The summed E-state index contributed by atoms with van der Waals surface area (Å²) in [5.74, 6) is -0.755. The molecule has 7 nitrogen and oxygen atoms in total. The Morgan fingerprint density at radius 3 is 2.76 bits per heavy atom. The van der Waals surface area contributed by atoms with Crippen LogP contribution in [0.25, 0.3) is 0 Å². The summed E-state index contributed by atoms with van der Waals surface area (Å²) < 4.78 is 14.9. The van der Waals surface area contributed by atoms with Crippen LogP contribution in [0.1, 0.15) is 5.56 Å². The molecule has 21 heavy (non-hydrogen) atoms. The molecule has 0 saturated heterocycles. The van der Waals surface area contributed by atoms with E-state index in [2.05, 4.69) is 15.4 Å². The Kier molecular flexibility index (Phi) is 6.28. The van der Waals surface area contributed by atoms with Crippen molar-refractivity contribution in [1.82, 2.24) is 14.8 Å². The molecular formula is C12H12ClFN4O3. The van der Waals surface area contributed by atoms with Gasteiger partial charge in [-0.25, -0.2) is 9.37 Å². The molecule has 0 aliphatic heterocycles. The first kappa shape index (κ1) is 16.6. The molecule has 0 radical (unpaired) electrons. The highest BCUT2D eigenvalue weighted by Gasteiger charge is 2.13. The lowest BCUT2D eigenvalue weighted by Gasteiger charge is -2.05. The Morgan fingerprint density at radius 2 is 2.24 bits per heavy atom. The van der Waals surface area contributed by atoms with Crippen molar-refractivity contribution in [3.8, 4) is 0 Å². The Balaban J connectivity index is 0.000000677. The number of rotatable bonds is 3. The predicted octanol–water partition coefficient (Wildman–Crippen LogP) is 1.49. The summed E-state index contributed by atoms with van der Waals surface area (Å²) in [5.41, 5.74) is 0.160. The monoisotopic (exact) mass is 314 g/mol. The van der Waals surface area contributed by atoms with E-state index in [0.29, 0.717) is 0 Å². The highest BCUT2D eigenvalue weighted by atomic mass is 35.5. The predicted molar refractivity (Wildman–Crippen MR) is 73.4 cm³/mol. The molecule has 0 fully saturated rings. The highest BCUT2D eigenvalue weighted by molar-refractivity contribution is 6.31. The molecule has 0 aliphatic rings. The quantitative estimate of drug-likeness (QED) is 0.837. The third-order valence-corrected chi connectivity index (χ3v) is 2.60. The average Bonchev–Trinajstić information content (AvgIpc) is 2.80. The highest BCUT2D eigenvalue weighted by Crippen LogP contribution is 2.19. The number of hydrogen-bond donors (Lipinski definition) is 2. The van der Waals surface area contributed by atoms with Crippen molar-refractivity contribution in [2.24, 2.45) is 7.05 Å². The van der Waals surface area contributed by atoms with Crippen LogP contribution < -0.4 is 5.32 Å². The first-order valence-corrected chi connectivity index (χ1v) is 6.02. The van der Waals surface area contributed by atoms with Gasteiger partial charge >= 0.3 is 0 Å². The second-order valence-corrected chi connectivity index (χ2v) is 4.18. The molecule has 1 amide bonds. The molecule has 2 aromatic rings. The largest absolute Gasteiger partial charge is 0.483 e. The van der Waals surface area contributed by atoms with Crippen molar-refractivity contribution in [1.29, 1.82) is 0 Å². The number of carbonyl (C=O) groups excluding carboxylic acids is 1. The SMILES string of the molecule is Cn1cnc(NC(=O)Cc2c(F)cccc2Cl)n1.O=CO. The van der Waals surface area contributed by atoms with E-state index >= 15 is 0 Å². The van der Waals surface area contributed by atoms with Gasteiger partial charge < -0.3 is 5.11 Å². The van der Waals surface area contributed by atoms with E-state index in [0.717, 1.165) is 0 Å². The molecule has 0 spiro atoms. The molecule has 1 aromatic heterocycles. The van der Waals surface area contributed by atoms with E-state index < -0.39 is 11.7 Å². The van der Waals surface area contributed by atoms with Gasteiger partial charge in [-0.05, 0) is 12.1 Å². The zero-order valence-corrected chi connectivity index (χ0v) is 11.7. The Hall–Kier alpha value is -2.48. The number of benzene rings is 1. The number of nitrogens with one attached hydrogen (secondary N) is 1. The van der Waals surface area contributed by atoms with Gasteiger partial charge in [-0.3, -0.25) is 19.6 Å². The summed E-state index contributed by atoms with van der Waals surface area (Å²) in [6.07, 6.45) is 1.29. The number of aryl methyl sites for hydroxylation is 1. The number of carboxylic acid groups (broad SMARTS) is 1. The fourth-order valence-electron chi connectivity index (χ4n) is 1.43. The number of hydrogen-bond acceptors (Lipinski definition) is 4. The molecule has 0 unspecified atom stereocenters. The van der Waals surface area contributed by atoms with Crippen LogP contribution in [0.2, 0.25) is 5.02 Å². The molecule has 112 valence electrons. The van der Waals surface area contributed by atoms with Crippen LogP contribution >= 0.6 is 11.6 Å². The fraction of sp³-hybridized carbons (Fsp3) is 0.167. The standard InChI is InChI=1S/C11H10ClFN4O.CH2O2/c1-17-6-14-11(16-17)15-10(18)5-7-8(12)3-2-4-9(7)13;2-1-3/h2-4,6H,5H2,1H3,(H,15,16,18);1H,(H,2,3). The van der Waals surface area contributed by atoms with Crippen LogP contribution in [0, 0.1) is 5.82 Å². The van der Waals surface area contributed by atoms with Gasteiger partial charge in [0.05, 0.1) is 6.42 Å². The molecular weight excluding hydrogens is 303 g/mol. The van der Waals surface area contributed by atoms with Crippen molar-refractivity contribution in [3.05, 3.63) is 40.9 Å². The van der Waals surface area contributed by atoms with Gasteiger partial charge in [-0.15, -0.1) is 5.10 Å². The zero-order valence-electron chi connectivity index (χ0n) is 11.0. The van der Waals surface area contributed by atoms with Crippen molar-refractivity contribution < 1.29 is 19.1 Å². The summed E-state index contributed by atoms with van der Waals surface area (Å²) in [4.78, 5) is 23.9.